The Hall–Kier alpha value is -1.16. The minimum Gasteiger partial charge on any atom is -0.396 e. The molecule has 4 heteroatoms. The summed E-state index contributed by atoms with van der Waals surface area (Å²) < 4.78 is 26.5. The van der Waals surface area contributed by atoms with Gasteiger partial charge in [-0.3, -0.25) is 0 Å². The first kappa shape index (κ1) is 11.9. The number of aliphatic hydroxyl groups excluding tert-OH is 1. The van der Waals surface area contributed by atoms with Gasteiger partial charge < -0.3 is 10.0 Å². The van der Waals surface area contributed by atoms with E-state index >= 15 is 0 Å². The van der Waals surface area contributed by atoms with Crippen LogP contribution < -0.4 is 4.90 Å². The summed E-state index contributed by atoms with van der Waals surface area (Å²) in [7, 11) is 3.29. The van der Waals surface area contributed by atoms with Gasteiger partial charge in [0.15, 0.2) is 11.6 Å². The van der Waals surface area contributed by atoms with Crippen LogP contribution in [0.5, 0.6) is 0 Å². The molecule has 1 aromatic carbocycles. The maximum Gasteiger partial charge on any atom is 0.182 e. The van der Waals surface area contributed by atoms with Crippen LogP contribution in [0.25, 0.3) is 0 Å². The van der Waals surface area contributed by atoms with Gasteiger partial charge in [-0.05, 0) is 17.7 Å². The standard InChI is InChI=1S/C11H15F2NO/c1-7(6-15)8-4-9(12)11(13)10(5-8)14(2)3/h4-5,7,15H,6H2,1-3H3. The molecule has 1 aromatic rings. The van der Waals surface area contributed by atoms with E-state index in [0.717, 1.165) is 6.07 Å². The minimum absolute atomic E-state index is 0.0854. The smallest absolute Gasteiger partial charge is 0.182 e. The first-order valence-electron chi connectivity index (χ1n) is 4.74. The third-order valence-corrected chi connectivity index (χ3v) is 2.36. The topological polar surface area (TPSA) is 23.5 Å². The Morgan fingerprint density at radius 1 is 1.33 bits per heavy atom. The van der Waals surface area contributed by atoms with E-state index in [1.54, 1.807) is 27.1 Å². The molecule has 0 spiro atoms. The summed E-state index contributed by atoms with van der Waals surface area (Å²) in [6.45, 7) is 1.67. The molecule has 0 saturated carbocycles. The maximum atomic E-state index is 13.3. The first-order chi connectivity index (χ1) is 6.97. The molecule has 1 unspecified atom stereocenters. The van der Waals surface area contributed by atoms with Crippen LogP contribution in [-0.4, -0.2) is 25.8 Å². The number of hydrogen-bond donors (Lipinski definition) is 1. The van der Waals surface area contributed by atoms with E-state index in [1.165, 1.54) is 4.90 Å². The fourth-order valence-corrected chi connectivity index (χ4v) is 1.31. The SMILES string of the molecule is CC(CO)c1cc(F)c(F)c(N(C)C)c1. The number of anilines is 1. The molecule has 1 atom stereocenters. The second-order valence-corrected chi connectivity index (χ2v) is 3.81. The fraction of sp³-hybridized carbons (Fsp3) is 0.455. The van der Waals surface area contributed by atoms with Crippen LogP contribution in [0.3, 0.4) is 0 Å². The average molecular weight is 215 g/mol. The summed E-state index contributed by atoms with van der Waals surface area (Å²) in [5.41, 5.74) is 0.797. The van der Waals surface area contributed by atoms with Crippen molar-refractivity contribution in [2.75, 3.05) is 25.6 Å². The van der Waals surface area contributed by atoms with Crippen molar-refractivity contribution in [2.24, 2.45) is 0 Å². The Labute approximate surface area is 88.1 Å². The van der Waals surface area contributed by atoms with E-state index in [1.807, 2.05) is 0 Å². The molecule has 1 N–H and O–H groups in total. The Bertz CT molecular complexity index is 353. The highest BCUT2D eigenvalue weighted by Gasteiger charge is 2.14. The van der Waals surface area contributed by atoms with E-state index in [4.69, 9.17) is 5.11 Å². The number of hydrogen-bond acceptors (Lipinski definition) is 2. The Morgan fingerprint density at radius 3 is 2.40 bits per heavy atom. The van der Waals surface area contributed by atoms with Gasteiger partial charge in [-0.2, -0.15) is 0 Å². The first-order valence-corrected chi connectivity index (χ1v) is 4.74. The highest BCUT2D eigenvalue weighted by Crippen LogP contribution is 2.26. The number of benzene rings is 1. The predicted octanol–water partition coefficient (Wildman–Crippen LogP) is 2.13. The van der Waals surface area contributed by atoms with Crippen LogP contribution in [0.15, 0.2) is 12.1 Å². The molecule has 0 fully saturated rings. The normalized spacial score (nSPS) is 12.7. The minimum atomic E-state index is -0.878. The molecule has 1 rings (SSSR count). The predicted molar refractivity (Wildman–Crippen MR) is 56.2 cm³/mol. The van der Waals surface area contributed by atoms with Gasteiger partial charge in [-0.25, -0.2) is 8.78 Å². The van der Waals surface area contributed by atoms with E-state index < -0.39 is 11.6 Å². The molecule has 2 nitrogen and oxygen atoms in total. The zero-order valence-electron chi connectivity index (χ0n) is 9.09. The van der Waals surface area contributed by atoms with Gasteiger partial charge in [0.25, 0.3) is 0 Å². The van der Waals surface area contributed by atoms with E-state index in [2.05, 4.69) is 0 Å². The molecule has 15 heavy (non-hydrogen) atoms. The summed E-state index contributed by atoms with van der Waals surface area (Å²) in [5, 5.41) is 8.95. The summed E-state index contributed by atoms with van der Waals surface area (Å²) in [6, 6.07) is 2.68. The molecule has 0 bridgehead atoms. The van der Waals surface area contributed by atoms with Crippen molar-refractivity contribution < 1.29 is 13.9 Å². The number of halogens is 2. The Balaban J connectivity index is 3.23. The molecule has 0 aliphatic rings. The summed E-state index contributed by atoms with van der Waals surface area (Å²) in [4.78, 5) is 1.51. The molecular formula is C11H15F2NO. The summed E-state index contributed by atoms with van der Waals surface area (Å²) in [6.07, 6.45) is 0. The van der Waals surface area contributed by atoms with Crippen molar-refractivity contribution in [2.45, 2.75) is 12.8 Å². The fourth-order valence-electron chi connectivity index (χ4n) is 1.31. The van der Waals surface area contributed by atoms with Crippen LogP contribution in [0.2, 0.25) is 0 Å². The summed E-state index contributed by atoms with van der Waals surface area (Å²) >= 11 is 0. The van der Waals surface area contributed by atoms with Gasteiger partial charge in [0.2, 0.25) is 0 Å². The van der Waals surface area contributed by atoms with Gasteiger partial charge in [0, 0.05) is 26.6 Å². The quantitative estimate of drug-likeness (QED) is 0.834. The van der Waals surface area contributed by atoms with E-state index in [-0.39, 0.29) is 18.2 Å². The van der Waals surface area contributed by atoms with Gasteiger partial charge in [0.1, 0.15) is 0 Å². The molecule has 84 valence electrons. The number of rotatable bonds is 3. The zero-order valence-corrected chi connectivity index (χ0v) is 9.09. The highest BCUT2D eigenvalue weighted by atomic mass is 19.2. The van der Waals surface area contributed by atoms with Crippen LogP contribution in [0.1, 0.15) is 18.4 Å². The molecular weight excluding hydrogens is 200 g/mol. The van der Waals surface area contributed by atoms with Crippen LogP contribution in [0, 0.1) is 11.6 Å². The lowest BCUT2D eigenvalue weighted by Gasteiger charge is -2.17. The molecule has 0 aliphatic carbocycles. The lowest BCUT2D eigenvalue weighted by molar-refractivity contribution is 0.272. The van der Waals surface area contributed by atoms with Gasteiger partial charge in [0.05, 0.1) is 5.69 Å². The molecule has 0 amide bonds. The highest BCUT2D eigenvalue weighted by molar-refractivity contribution is 5.50. The van der Waals surface area contributed by atoms with Crippen molar-refractivity contribution >= 4 is 5.69 Å². The zero-order chi connectivity index (χ0) is 11.6. The molecule has 0 saturated heterocycles. The monoisotopic (exact) mass is 215 g/mol. The number of aliphatic hydroxyl groups is 1. The third-order valence-electron chi connectivity index (χ3n) is 2.36. The molecule has 0 heterocycles. The average Bonchev–Trinajstić information content (AvgIpc) is 2.20. The van der Waals surface area contributed by atoms with Crippen LogP contribution >= 0.6 is 0 Å². The van der Waals surface area contributed by atoms with E-state index in [9.17, 15) is 8.78 Å². The Kier molecular flexibility index (Phi) is 3.63. The second-order valence-electron chi connectivity index (χ2n) is 3.81. The Morgan fingerprint density at radius 2 is 1.93 bits per heavy atom. The van der Waals surface area contributed by atoms with Crippen molar-refractivity contribution in [1.29, 1.82) is 0 Å². The van der Waals surface area contributed by atoms with Crippen molar-refractivity contribution in [3.8, 4) is 0 Å². The lowest BCUT2D eigenvalue weighted by Crippen LogP contribution is -2.13. The molecule has 0 aromatic heterocycles. The lowest BCUT2D eigenvalue weighted by atomic mass is 10.0. The molecule has 0 aliphatic heterocycles. The largest absolute Gasteiger partial charge is 0.396 e. The van der Waals surface area contributed by atoms with Crippen molar-refractivity contribution in [3.05, 3.63) is 29.3 Å². The van der Waals surface area contributed by atoms with Gasteiger partial charge in [-0.1, -0.05) is 6.92 Å². The number of nitrogens with zero attached hydrogens (tertiary/aromatic N) is 1. The second kappa shape index (κ2) is 4.57. The van der Waals surface area contributed by atoms with Crippen molar-refractivity contribution in [1.82, 2.24) is 0 Å². The van der Waals surface area contributed by atoms with Gasteiger partial charge in [-0.15, -0.1) is 0 Å². The third kappa shape index (κ3) is 2.45. The van der Waals surface area contributed by atoms with Crippen molar-refractivity contribution in [3.63, 3.8) is 0 Å². The maximum absolute atomic E-state index is 13.3. The van der Waals surface area contributed by atoms with Gasteiger partial charge >= 0.3 is 0 Å². The summed E-state index contributed by atoms with van der Waals surface area (Å²) in [5.74, 6) is -1.93. The van der Waals surface area contributed by atoms with E-state index in [0.29, 0.717) is 5.56 Å². The van der Waals surface area contributed by atoms with Crippen LogP contribution in [0.4, 0.5) is 14.5 Å². The van der Waals surface area contributed by atoms with Crippen LogP contribution in [-0.2, 0) is 0 Å². The molecule has 0 radical (unpaired) electrons.